The van der Waals surface area contributed by atoms with E-state index in [1.165, 1.54) is 15.4 Å². The van der Waals surface area contributed by atoms with Gasteiger partial charge in [0.05, 0.1) is 23.7 Å². The molecule has 2 aliphatic rings. The van der Waals surface area contributed by atoms with Crippen LogP contribution in [0.3, 0.4) is 0 Å². The van der Waals surface area contributed by atoms with Crippen LogP contribution in [0.1, 0.15) is 28.8 Å². The van der Waals surface area contributed by atoms with E-state index in [0.29, 0.717) is 43.1 Å². The van der Waals surface area contributed by atoms with Crippen molar-refractivity contribution in [3.8, 4) is 0 Å². The van der Waals surface area contributed by atoms with Crippen LogP contribution in [-0.2, 0) is 26.0 Å². The third-order valence-electron chi connectivity index (χ3n) is 6.31. The van der Waals surface area contributed by atoms with Crippen molar-refractivity contribution in [1.29, 1.82) is 0 Å². The second-order valence-electron chi connectivity index (χ2n) is 8.91. The van der Waals surface area contributed by atoms with Gasteiger partial charge in [-0.2, -0.15) is 4.31 Å². The molecule has 1 aromatic carbocycles. The van der Waals surface area contributed by atoms with Gasteiger partial charge < -0.3 is 19.5 Å². The number of carbonyl (C=O) groups excluding carboxylic acids is 1. The fourth-order valence-corrected chi connectivity index (χ4v) is 5.87. The number of carbonyl (C=O) groups is 1. The number of ether oxygens (including phenoxy) is 1. The Hall–Kier alpha value is -2.46. The van der Waals surface area contributed by atoms with Gasteiger partial charge in [0.15, 0.2) is 0 Å². The first-order valence-electron chi connectivity index (χ1n) is 11.3. The lowest BCUT2D eigenvalue weighted by molar-refractivity contribution is -0.110. The highest BCUT2D eigenvalue weighted by molar-refractivity contribution is 7.89. The monoisotopic (exact) mass is 472 g/mol. The van der Waals surface area contributed by atoms with Crippen LogP contribution in [-0.4, -0.2) is 75.0 Å². The molecule has 1 fully saturated rings. The number of amides is 1. The molecule has 178 valence electrons. The fourth-order valence-electron chi connectivity index (χ4n) is 4.44. The van der Waals surface area contributed by atoms with Gasteiger partial charge >= 0.3 is 0 Å². The van der Waals surface area contributed by atoms with Crippen LogP contribution < -0.4 is 5.32 Å². The number of benzene rings is 1. The SMILES string of the molecule is Cc1cn(C=C2C(=O)Nc3ccc(S(=O)(=O)N4CCOCC4)cc32)c(C)c1CCCN(C)C. The van der Waals surface area contributed by atoms with Gasteiger partial charge in [-0.3, -0.25) is 4.79 Å². The summed E-state index contributed by atoms with van der Waals surface area (Å²) in [7, 11) is 0.488. The highest BCUT2D eigenvalue weighted by Crippen LogP contribution is 2.35. The standard InChI is InChI=1S/C24H32N4O4S/c1-17-15-27(18(2)20(17)6-5-9-26(3)4)16-22-21-14-19(7-8-23(21)25-24(22)29)33(30,31)28-10-12-32-13-11-28/h7-8,14-16H,5-6,9-13H2,1-4H3,(H,25,29). The van der Waals surface area contributed by atoms with Crippen molar-refractivity contribution in [2.45, 2.75) is 31.6 Å². The largest absolute Gasteiger partial charge is 0.379 e. The molecule has 0 aliphatic carbocycles. The summed E-state index contributed by atoms with van der Waals surface area (Å²) in [4.78, 5) is 15.1. The zero-order valence-corrected chi connectivity index (χ0v) is 20.5. The lowest BCUT2D eigenvalue weighted by atomic mass is 10.1. The Bertz CT molecular complexity index is 1190. The van der Waals surface area contributed by atoms with E-state index in [1.54, 1.807) is 18.2 Å². The molecule has 1 saturated heterocycles. The van der Waals surface area contributed by atoms with Crippen molar-refractivity contribution in [2.24, 2.45) is 0 Å². The van der Waals surface area contributed by atoms with Crippen LogP contribution in [0.15, 0.2) is 29.3 Å². The van der Waals surface area contributed by atoms with Gasteiger partial charge in [-0.1, -0.05) is 0 Å². The van der Waals surface area contributed by atoms with Crippen LogP contribution in [0.5, 0.6) is 0 Å². The van der Waals surface area contributed by atoms with Gasteiger partial charge in [-0.05, 0) is 76.7 Å². The first-order valence-corrected chi connectivity index (χ1v) is 12.7. The third kappa shape index (κ3) is 4.77. The van der Waals surface area contributed by atoms with E-state index < -0.39 is 10.0 Å². The van der Waals surface area contributed by atoms with Crippen LogP contribution in [0, 0.1) is 13.8 Å². The van der Waals surface area contributed by atoms with Crippen LogP contribution in [0.4, 0.5) is 5.69 Å². The molecule has 0 spiro atoms. The number of sulfonamides is 1. The zero-order valence-electron chi connectivity index (χ0n) is 19.7. The van der Waals surface area contributed by atoms with Crippen LogP contribution in [0.25, 0.3) is 11.8 Å². The summed E-state index contributed by atoms with van der Waals surface area (Å²) in [6, 6.07) is 4.83. The molecule has 33 heavy (non-hydrogen) atoms. The van der Waals surface area contributed by atoms with Gasteiger partial charge in [0, 0.05) is 42.4 Å². The van der Waals surface area contributed by atoms with Crippen LogP contribution in [0.2, 0.25) is 0 Å². The number of anilines is 1. The molecule has 0 radical (unpaired) electrons. The lowest BCUT2D eigenvalue weighted by Gasteiger charge is -2.26. The van der Waals surface area contributed by atoms with Crippen molar-refractivity contribution in [3.63, 3.8) is 0 Å². The summed E-state index contributed by atoms with van der Waals surface area (Å²) in [5.74, 6) is -0.231. The van der Waals surface area contributed by atoms with Gasteiger partial charge in [-0.25, -0.2) is 8.42 Å². The normalized spacial score (nSPS) is 18.2. The van der Waals surface area contributed by atoms with Crippen molar-refractivity contribution in [1.82, 2.24) is 13.8 Å². The van der Waals surface area contributed by atoms with E-state index in [0.717, 1.165) is 25.1 Å². The molecule has 9 heteroatoms. The summed E-state index contributed by atoms with van der Waals surface area (Å²) >= 11 is 0. The second kappa shape index (κ2) is 9.42. The Morgan fingerprint density at radius 3 is 2.61 bits per heavy atom. The summed E-state index contributed by atoms with van der Waals surface area (Å²) in [6.07, 6.45) is 5.87. The molecule has 8 nitrogen and oxygen atoms in total. The predicted molar refractivity (Wildman–Crippen MR) is 130 cm³/mol. The number of aromatic nitrogens is 1. The molecule has 0 bridgehead atoms. The Morgan fingerprint density at radius 2 is 1.91 bits per heavy atom. The van der Waals surface area contributed by atoms with Gasteiger partial charge in [0.1, 0.15) is 0 Å². The van der Waals surface area contributed by atoms with E-state index in [2.05, 4.69) is 38.2 Å². The van der Waals surface area contributed by atoms with Crippen molar-refractivity contribution >= 4 is 33.4 Å². The summed E-state index contributed by atoms with van der Waals surface area (Å²) in [5, 5.41) is 2.86. The number of hydrogen-bond acceptors (Lipinski definition) is 5. The average Bonchev–Trinajstić information content (AvgIpc) is 3.24. The Kier molecular flexibility index (Phi) is 6.76. The zero-order chi connectivity index (χ0) is 23.8. The highest BCUT2D eigenvalue weighted by Gasteiger charge is 2.30. The van der Waals surface area contributed by atoms with Crippen LogP contribution >= 0.6 is 0 Å². The lowest BCUT2D eigenvalue weighted by Crippen LogP contribution is -2.40. The maximum absolute atomic E-state index is 13.1. The highest BCUT2D eigenvalue weighted by atomic mass is 32.2. The Morgan fingerprint density at radius 1 is 1.18 bits per heavy atom. The second-order valence-corrected chi connectivity index (χ2v) is 10.8. The van der Waals surface area contributed by atoms with Gasteiger partial charge in [0.25, 0.3) is 5.91 Å². The Labute approximate surface area is 195 Å². The number of nitrogens with one attached hydrogen (secondary N) is 1. The van der Waals surface area contributed by atoms with E-state index in [-0.39, 0.29) is 10.8 Å². The van der Waals surface area contributed by atoms with Gasteiger partial charge in [-0.15, -0.1) is 0 Å². The summed E-state index contributed by atoms with van der Waals surface area (Å²) in [6.45, 7) is 6.60. The molecule has 1 aromatic heterocycles. The topological polar surface area (TPSA) is 83.9 Å². The quantitative estimate of drug-likeness (QED) is 0.627. The minimum atomic E-state index is -3.65. The van der Waals surface area contributed by atoms with E-state index in [9.17, 15) is 13.2 Å². The smallest absolute Gasteiger partial charge is 0.257 e. The average molecular weight is 473 g/mol. The fraction of sp³-hybridized carbons (Fsp3) is 0.458. The van der Waals surface area contributed by atoms with Crippen molar-refractivity contribution in [2.75, 3.05) is 52.3 Å². The molecular weight excluding hydrogens is 440 g/mol. The summed E-state index contributed by atoms with van der Waals surface area (Å²) in [5.41, 5.74) is 5.26. The molecule has 1 amide bonds. The van der Waals surface area contributed by atoms with E-state index in [1.807, 2.05) is 17.0 Å². The molecular formula is C24H32N4O4S. The molecule has 2 aromatic rings. The number of fused-ring (bicyclic) bond motifs is 1. The first-order chi connectivity index (χ1) is 15.7. The minimum absolute atomic E-state index is 0.190. The minimum Gasteiger partial charge on any atom is -0.379 e. The molecule has 2 aliphatic heterocycles. The van der Waals surface area contributed by atoms with Crippen molar-refractivity contribution < 1.29 is 17.9 Å². The molecule has 1 N–H and O–H groups in total. The number of morpholine rings is 1. The van der Waals surface area contributed by atoms with Crippen molar-refractivity contribution in [3.05, 3.63) is 46.8 Å². The third-order valence-corrected chi connectivity index (χ3v) is 8.21. The molecule has 0 saturated carbocycles. The molecule has 3 heterocycles. The number of hydrogen-bond donors (Lipinski definition) is 1. The molecule has 4 rings (SSSR count). The van der Waals surface area contributed by atoms with E-state index >= 15 is 0 Å². The molecule has 0 atom stereocenters. The van der Waals surface area contributed by atoms with Gasteiger partial charge in [0.2, 0.25) is 10.0 Å². The Balaban J connectivity index is 1.66. The maximum atomic E-state index is 13.1. The summed E-state index contributed by atoms with van der Waals surface area (Å²) < 4.78 is 34.9. The molecule has 0 unspecified atom stereocenters. The number of rotatable bonds is 7. The number of nitrogens with zero attached hydrogens (tertiary/aromatic N) is 3. The first kappa shape index (κ1) is 23.7. The maximum Gasteiger partial charge on any atom is 0.257 e. The predicted octanol–water partition coefficient (Wildman–Crippen LogP) is 2.57. The number of aryl methyl sites for hydroxylation is 1. The van der Waals surface area contributed by atoms with E-state index in [4.69, 9.17) is 4.74 Å².